The lowest BCUT2D eigenvalue weighted by atomic mass is 9.82. The van der Waals surface area contributed by atoms with Crippen LogP contribution in [0.1, 0.15) is 44.2 Å². The van der Waals surface area contributed by atoms with Crippen molar-refractivity contribution in [3.63, 3.8) is 0 Å². The number of amides is 2. The Balaban J connectivity index is 1.06. The highest BCUT2D eigenvalue weighted by Crippen LogP contribution is 2.33. The molecule has 1 N–H and O–H groups in total. The second-order valence-corrected chi connectivity index (χ2v) is 10.7. The van der Waals surface area contributed by atoms with Crippen molar-refractivity contribution in [2.75, 3.05) is 26.2 Å². The number of hydrogen-bond donors (Lipinski definition) is 1. The first-order valence-corrected chi connectivity index (χ1v) is 12.2. The maximum absolute atomic E-state index is 12.6. The third-order valence-corrected chi connectivity index (χ3v) is 6.82. The van der Waals surface area contributed by atoms with Gasteiger partial charge in [0.15, 0.2) is 0 Å². The summed E-state index contributed by atoms with van der Waals surface area (Å²) in [5.41, 5.74) is 1.07. The Morgan fingerprint density at radius 3 is 2.54 bits per heavy atom. The van der Waals surface area contributed by atoms with Crippen LogP contribution in [0.5, 0.6) is 0 Å². The van der Waals surface area contributed by atoms with Crippen LogP contribution in [0, 0.1) is 11.8 Å². The normalized spacial score (nSPS) is 24.5. The van der Waals surface area contributed by atoms with E-state index in [9.17, 15) is 9.59 Å². The molecule has 1 saturated heterocycles. The van der Waals surface area contributed by atoms with Crippen molar-refractivity contribution in [3.8, 4) is 11.3 Å². The van der Waals surface area contributed by atoms with Crippen molar-refractivity contribution in [1.82, 2.24) is 20.4 Å². The first kappa shape index (κ1) is 23.3. The maximum atomic E-state index is 12.6. The van der Waals surface area contributed by atoms with Crippen molar-refractivity contribution >= 4 is 12.0 Å². The number of hydrogen-bond acceptors (Lipinski definition) is 8. The van der Waals surface area contributed by atoms with E-state index in [1.54, 1.807) is 11.0 Å². The third kappa shape index (κ3) is 5.31. The molecule has 2 amide bonds. The number of rotatable bonds is 5. The van der Waals surface area contributed by atoms with Gasteiger partial charge in [-0.3, -0.25) is 9.80 Å². The van der Waals surface area contributed by atoms with Gasteiger partial charge in [-0.05, 0) is 33.6 Å². The first-order chi connectivity index (χ1) is 16.7. The molecule has 0 unspecified atom stereocenters. The molecule has 186 valence electrons. The zero-order valence-electron chi connectivity index (χ0n) is 20.4. The molecule has 1 atom stereocenters. The van der Waals surface area contributed by atoms with Gasteiger partial charge < -0.3 is 19.5 Å². The Morgan fingerprint density at radius 1 is 1.09 bits per heavy atom. The molecule has 3 aliphatic rings. The van der Waals surface area contributed by atoms with Gasteiger partial charge in [-0.25, -0.2) is 4.79 Å². The summed E-state index contributed by atoms with van der Waals surface area (Å²) in [7, 11) is 0. The first-order valence-electron chi connectivity index (χ1n) is 12.2. The van der Waals surface area contributed by atoms with E-state index in [2.05, 4.69) is 25.8 Å². The van der Waals surface area contributed by atoms with Crippen molar-refractivity contribution in [1.29, 1.82) is 0 Å². The molecule has 5 rings (SSSR count). The van der Waals surface area contributed by atoms with E-state index in [1.165, 1.54) is 0 Å². The van der Waals surface area contributed by atoms with Crippen LogP contribution in [-0.2, 0) is 4.74 Å². The summed E-state index contributed by atoms with van der Waals surface area (Å²) in [4.78, 5) is 26.6. The quantitative estimate of drug-likeness (QED) is 0.697. The number of carbonyl (C=O) groups excluding carboxylic acids is 2. The fourth-order valence-electron chi connectivity index (χ4n) is 4.70. The molecule has 0 bridgehead atoms. The van der Waals surface area contributed by atoms with E-state index in [4.69, 9.17) is 9.26 Å². The number of carbonyl (C=O) groups is 2. The topological polar surface area (TPSA) is 113 Å². The van der Waals surface area contributed by atoms with Crippen LogP contribution in [-0.4, -0.2) is 70.9 Å². The van der Waals surface area contributed by atoms with Crippen LogP contribution in [0.4, 0.5) is 4.79 Å². The summed E-state index contributed by atoms with van der Waals surface area (Å²) in [6.07, 6.45) is 1.38. The van der Waals surface area contributed by atoms with Gasteiger partial charge in [0.25, 0.3) is 5.91 Å². The minimum absolute atomic E-state index is 0.0692. The van der Waals surface area contributed by atoms with E-state index in [0.29, 0.717) is 37.2 Å². The fraction of sp³-hybridized carbons (Fsp3) is 0.560. The third-order valence-electron chi connectivity index (χ3n) is 6.82. The zero-order chi connectivity index (χ0) is 24.6. The Labute approximate surface area is 204 Å². The molecule has 3 heterocycles. The fourth-order valence-corrected chi connectivity index (χ4v) is 4.70. The van der Waals surface area contributed by atoms with E-state index in [1.807, 2.05) is 51.1 Å². The highest BCUT2D eigenvalue weighted by molar-refractivity contribution is 5.92. The minimum atomic E-state index is -0.480. The lowest BCUT2D eigenvalue weighted by Gasteiger charge is -2.47. The maximum Gasteiger partial charge on any atom is 0.410 e. The van der Waals surface area contributed by atoms with Crippen LogP contribution in [0.2, 0.25) is 0 Å². The molecule has 35 heavy (non-hydrogen) atoms. The van der Waals surface area contributed by atoms with Crippen LogP contribution in [0.15, 0.2) is 51.3 Å². The molecule has 0 spiro atoms. The van der Waals surface area contributed by atoms with E-state index in [0.717, 1.165) is 24.9 Å². The van der Waals surface area contributed by atoms with E-state index < -0.39 is 5.60 Å². The Morgan fingerprint density at radius 2 is 1.83 bits per heavy atom. The van der Waals surface area contributed by atoms with Gasteiger partial charge in [0.1, 0.15) is 11.3 Å². The van der Waals surface area contributed by atoms with Crippen molar-refractivity contribution in [2.24, 2.45) is 22.2 Å². The van der Waals surface area contributed by atoms with Gasteiger partial charge in [0.05, 0.1) is 12.6 Å². The van der Waals surface area contributed by atoms with E-state index >= 15 is 0 Å². The van der Waals surface area contributed by atoms with Gasteiger partial charge in [-0.1, -0.05) is 40.7 Å². The molecule has 2 aliphatic heterocycles. The number of likely N-dealkylation sites (tertiary alicyclic amines) is 1. The summed E-state index contributed by atoms with van der Waals surface area (Å²) in [5, 5.41) is 17.8. The summed E-state index contributed by atoms with van der Waals surface area (Å²) in [5.74, 6) is 0.734. The monoisotopic (exact) mass is 480 g/mol. The summed E-state index contributed by atoms with van der Waals surface area (Å²) in [6.45, 7) is 8.55. The molecule has 1 aromatic heterocycles. The van der Waals surface area contributed by atoms with Crippen molar-refractivity contribution < 1.29 is 18.8 Å². The molecule has 1 aliphatic carbocycles. The molecule has 10 nitrogen and oxygen atoms in total. The predicted octanol–water partition coefficient (Wildman–Crippen LogP) is 3.77. The average molecular weight is 481 g/mol. The second-order valence-electron chi connectivity index (χ2n) is 10.7. The standard InChI is InChI=1S/C25H32N6O4/c1-25(2,3)34-24(33)30-13-18(14-30)17-12-26-29-31(15-17)20-9-19(10-20)27-23(32)22-11-21(28-35-22)16-7-5-4-6-8-16/h4-8,11,17-20H,9-10,12-15H2,1-3H3,(H,27,32)/t17-,19?,20?/m1/s1. The predicted molar refractivity (Wildman–Crippen MR) is 127 cm³/mol. The summed E-state index contributed by atoms with van der Waals surface area (Å²) >= 11 is 0. The van der Waals surface area contributed by atoms with Gasteiger partial charge in [0, 0.05) is 49.1 Å². The average Bonchev–Trinajstić information content (AvgIpc) is 3.25. The number of benzene rings is 1. The van der Waals surface area contributed by atoms with Gasteiger partial charge in [-0.15, -0.1) is 0 Å². The van der Waals surface area contributed by atoms with Gasteiger partial charge in [-0.2, -0.15) is 5.11 Å². The number of aromatic nitrogens is 1. The minimum Gasteiger partial charge on any atom is -0.444 e. The number of nitrogens with one attached hydrogen (secondary N) is 1. The largest absolute Gasteiger partial charge is 0.444 e. The highest BCUT2D eigenvalue weighted by Gasteiger charge is 2.42. The molecule has 0 radical (unpaired) electrons. The van der Waals surface area contributed by atoms with Crippen LogP contribution in [0.25, 0.3) is 11.3 Å². The molecule has 1 aromatic carbocycles. The molecular formula is C25H32N6O4. The smallest absolute Gasteiger partial charge is 0.410 e. The molecular weight excluding hydrogens is 448 g/mol. The van der Waals surface area contributed by atoms with Crippen LogP contribution < -0.4 is 5.32 Å². The van der Waals surface area contributed by atoms with Crippen molar-refractivity contribution in [3.05, 3.63) is 42.2 Å². The molecule has 2 fully saturated rings. The SMILES string of the molecule is CC(C)(C)OC(=O)N1CC([C@@H]2CN=NN(C3CC(NC(=O)c4cc(-c5ccccc5)no4)C3)C2)C1. The lowest BCUT2D eigenvalue weighted by Crippen LogP contribution is -2.58. The lowest BCUT2D eigenvalue weighted by molar-refractivity contribution is -0.0235. The highest BCUT2D eigenvalue weighted by atomic mass is 16.6. The Hall–Kier alpha value is -3.43. The Kier molecular flexibility index (Phi) is 6.21. The second kappa shape index (κ2) is 9.31. The molecule has 10 heteroatoms. The Bertz CT molecular complexity index is 1080. The zero-order valence-corrected chi connectivity index (χ0v) is 20.4. The summed E-state index contributed by atoms with van der Waals surface area (Å²) in [6, 6.07) is 11.6. The van der Waals surface area contributed by atoms with Gasteiger partial charge >= 0.3 is 6.09 Å². The van der Waals surface area contributed by atoms with Crippen molar-refractivity contribution in [2.45, 2.75) is 51.3 Å². The molecule has 2 aromatic rings. The molecule has 1 saturated carbocycles. The van der Waals surface area contributed by atoms with Crippen LogP contribution in [0.3, 0.4) is 0 Å². The summed E-state index contributed by atoms with van der Waals surface area (Å²) < 4.78 is 10.7. The van der Waals surface area contributed by atoms with Crippen LogP contribution >= 0.6 is 0 Å². The van der Waals surface area contributed by atoms with Gasteiger partial charge in [0.2, 0.25) is 5.76 Å². The van der Waals surface area contributed by atoms with E-state index in [-0.39, 0.29) is 29.8 Å². The number of nitrogens with zero attached hydrogens (tertiary/aromatic N) is 5. The number of ether oxygens (including phenoxy) is 1.